The Morgan fingerprint density at radius 3 is 2.38 bits per heavy atom. The highest BCUT2D eigenvalue weighted by molar-refractivity contribution is 6.31. The number of hydrogen-bond donors (Lipinski definition) is 0. The highest BCUT2D eigenvalue weighted by Gasteiger charge is 2.16. The second kappa shape index (κ2) is 4.34. The van der Waals surface area contributed by atoms with Gasteiger partial charge in [-0.05, 0) is 12.8 Å². The van der Waals surface area contributed by atoms with E-state index < -0.39 is 0 Å². The van der Waals surface area contributed by atoms with Gasteiger partial charge in [-0.25, -0.2) is 0 Å². The van der Waals surface area contributed by atoms with Crippen LogP contribution in [0.1, 0.15) is 37.9 Å². The Bertz CT molecular complexity index is 292. The molecule has 1 aromatic heterocycles. The molecule has 4 heteroatoms. The number of nitrogens with zero attached hydrogens (tertiary/aromatic N) is 2. The van der Waals surface area contributed by atoms with Crippen molar-refractivity contribution in [2.24, 2.45) is 0 Å². The number of halogens is 2. The molecule has 0 amide bonds. The van der Waals surface area contributed by atoms with Crippen LogP contribution in [0.4, 0.5) is 0 Å². The molecule has 0 aliphatic carbocycles. The monoisotopic (exact) mass is 220 g/mol. The maximum atomic E-state index is 6.09. The SMILES string of the molecule is CCn1nc(C(C)C)c(CCl)c1Cl. The van der Waals surface area contributed by atoms with E-state index in [1.165, 1.54) is 0 Å². The second-order valence-corrected chi connectivity index (χ2v) is 3.88. The van der Waals surface area contributed by atoms with E-state index in [4.69, 9.17) is 23.2 Å². The van der Waals surface area contributed by atoms with Crippen LogP contribution in [0.3, 0.4) is 0 Å². The highest BCUT2D eigenvalue weighted by Crippen LogP contribution is 2.27. The molecule has 2 nitrogen and oxygen atoms in total. The Balaban J connectivity index is 3.19. The van der Waals surface area contributed by atoms with Crippen molar-refractivity contribution in [3.05, 3.63) is 16.4 Å². The summed E-state index contributed by atoms with van der Waals surface area (Å²) in [5.41, 5.74) is 1.99. The molecule has 0 N–H and O–H groups in total. The molecule has 0 saturated carbocycles. The van der Waals surface area contributed by atoms with Crippen molar-refractivity contribution in [2.75, 3.05) is 0 Å². The smallest absolute Gasteiger partial charge is 0.131 e. The first kappa shape index (κ1) is 10.9. The van der Waals surface area contributed by atoms with Gasteiger partial charge in [0, 0.05) is 12.1 Å². The van der Waals surface area contributed by atoms with Crippen LogP contribution in [0.2, 0.25) is 5.15 Å². The summed E-state index contributed by atoms with van der Waals surface area (Å²) in [7, 11) is 0. The first-order valence-electron chi connectivity index (χ1n) is 4.42. The van der Waals surface area contributed by atoms with Crippen LogP contribution in [-0.4, -0.2) is 9.78 Å². The quantitative estimate of drug-likeness (QED) is 0.715. The number of rotatable bonds is 3. The molecule has 0 radical (unpaired) electrons. The average Bonchev–Trinajstić information content (AvgIpc) is 2.42. The van der Waals surface area contributed by atoms with Gasteiger partial charge in [-0.15, -0.1) is 11.6 Å². The Morgan fingerprint density at radius 1 is 1.46 bits per heavy atom. The fourth-order valence-electron chi connectivity index (χ4n) is 1.29. The summed E-state index contributed by atoms with van der Waals surface area (Å²) in [5, 5.41) is 5.08. The Morgan fingerprint density at radius 2 is 2.08 bits per heavy atom. The van der Waals surface area contributed by atoms with E-state index in [0.717, 1.165) is 17.8 Å². The Hall–Kier alpha value is -0.210. The zero-order valence-electron chi connectivity index (χ0n) is 8.14. The molecule has 1 rings (SSSR count). The van der Waals surface area contributed by atoms with Crippen molar-refractivity contribution in [1.29, 1.82) is 0 Å². The topological polar surface area (TPSA) is 17.8 Å². The van der Waals surface area contributed by atoms with Crippen LogP contribution >= 0.6 is 23.2 Å². The molecule has 0 aliphatic heterocycles. The third kappa shape index (κ3) is 2.00. The predicted molar refractivity (Wildman–Crippen MR) is 56.6 cm³/mol. The summed E-state index contributed by atoms with van der Waals surface area (Å²) < 4.78 is 1.79. The van der Waals surface area contributed by atoms with E-state index in [2.05, 4.69) is 18.9 Å². The fraction of sp³-hybridized carbons (Fsp3) is 0.667. The van der Waals surface area contributed by atoms with E-state index in [1.807, 2.05) is 6.92 Å². The minimum absolute atomic E-state index is 0.374. The molecule has 0 saturated heterocycles. The van der Waals surface area contributed by atoms with E-state index in [0.29, 0.717) is 17.0 Å². The Kier molecular flexibility index (Phi) is 3.63. The molecular weight excluding hydrogens is 207 g/mol. The minimum atomic E-state index is 0.374. The molecule has 1 heterocycles. The van der Waals surface area contributed by atoms with Gasteiger partial charge >= 0.3 is 0 Å². The molecule has 0 spiro atoms. The van der Waals surface area contributed by atoms with Crippen molar-refractivity contribution >= 4 is 23.2 Å². The van der Waals surface area contributed by atoms with Crippen LogP contribution in [0.15, 0.2) is 0 Å². The van der Waals surface area contributed by atoms with Crippen LogP contribution in [0.5, 0.6) is 0 Å². The number of aromatic nitrogens is 2. The standard InChI is InChI=1S/C9H14Cl2N2/c1-4-13-9(11)7(5-10)8(12-13)6(2)3/h6H,4-5H2,1-3H3. The van der Waals surface area contributed by atoms with Gasteiger partial charge in [0.2, 0.25) is 0 Å². The largest absolute Gasteiger partial charge is 0.254 e. The normalized spacial score (nSPS) is 11.2. The van der Waals surface area contributed by atoms with Gasteiger partial charge in [0.1, 0.15) is 5.15 Å². The molecule has 1 aromatic rings. The van der Waals surface area contributed by atoms with Crippen LogP contribution in [-0.2, 0) is 12.4 Å². The molecule has 74 valence electrons. The third-order valence-electron chi connectivity index (χ3n) is 1.99. The first-order chi connectivity index (χ1) is 6.11. The summed E-state index contributed by atoms with van der Waals surface area (Å²) in [6, 6.07) is 0. The predicted octanol–water partition coefficient (Wildman–Crippen LogP) is 3.42. The van der Waals surface area contributed by atoms with E-state index >= 15 is 0 Å². The molecule has 0 bridgehead atoms. The lowest BCUT2D eigenvalue weighted by molar-refractivity contribution is 0.636. The van der Waals surface area contributed by atoms with Gasteiger partial charge in [-0.3, -0.25) is 4.68 Å². The van der Waals surface area contributed by atoms with Crippen LogP contribution in [0.25, 0.3) is 0 Å². The molecule has 0 aliphatic rings. The molecule has 0 fully saturated rings. The first-order valence-corrected chi connectivity index (χ1v) is 5.34. The molecule has 0 aromatic carbocycles. The van der Waals surface area contributed by atoms with Gasteiger partial charge < -0.3 is 0 Å². The van der Waals surface area contributed by atoms with Gasteiger partial charge in [-0.2, -0.15) is 5.10 Å². The summed E-state index contributed by atoms with van der Waals surface area (Å²) in [6.45, 7) is 6.99. The lowest BCUT2D eigenvalue weighted by Gasteiger charge is -2.01. The summed E-state index contributed by atoms with van der Waals surface area (Å²) in [6.07, 6.45) is 0. The lowest BCUT2D eigenvalue weighted by Crippen LogP contribution is -1.97. The van der Waals surface area contributed by atoms with Crippen molar-refractivity contribution in [1.82, 2.24) is 9.78 Å². The molecular formula is C9H14Cl2N2. The summed E-state index contributed by atoms with van der Waals surface area (Å²) >= 11 is 11.9. The van der Waals surface area contributed by atoms with Crippen LogP contribution in [0, 0.1) is 0 Å². The summed E-state index contributed by atoms with van der Waals surface area (Å²) in [5.74, 6) is 0.811. The van der Waals surface area contributed by atoms with Crippen molar-refractivity contribution < 1.29 is 0 Å². The van der Waals surface area contributed by atoms with Crippen molar-refractivity contribution in [3.63, 3.8) is 0 Å². The van der Waals surface area contributed by atoms with Crippen molar-refractivity contribution in [2.45, 2.75) is 39.1 Å². The third-order valence-corrected chi connectivity index (χ3v) is 2.68. The number of aryl methyl sites for hydroxylation is 1. The summed E-state index contributed by atoms with van der Waals surface area (Å²) in [4.78, 5) is 0. The zero-order chi connectivity index (χ0) is 10.0. The maximum Gasteiger partial charge on any atom is 0.131 e. The zero-order valence-corrected chi connectivity index (χ0v) is 9.65. The van der Waals surface area contributed by atoms with Gasteiger partial charge in [-0.1, -0.05) is 25.4 Å². The lowest BCUT2D eigenvalue weighted by atomic mass is 10.1. The van der Waals surface area contributed by atoms with E-state index in [1.54, 1.807) is 4.68 Å². The molecule has 0 unspecified atom stereocenters. The highest BCUT2D eigenvalue weighted by atomic mass is 35.5. The minimum Gasteiger partial charge on any atom is -0.254 e. The molecule has 0 atom stereocenters. The van der Waals surface area contributed by atoms with E-state index in [9.17, 15) is 0 Å². The number of alkyl halides is 1. The second-order valence-electron chi connectivity index (χ2n) is 3.26. The Labute approximate surface area is 88.8 Å². The number of hydrogen-bond acceptors (Lipinski definition) is 1. The average molecular weight is 221 g/mol. The van der Waals surface area contributed by atoms with Gasteiger partial charge in [0.15, 0.2) is 0 Å². The molecule has 13 heavy (non-hydrogen) atoms. The fourth-order valence-corrected chi connectivity index (χ4v) is 1.95. The van der Waals surface area contributed by atoms with Crippen molar-refractivity contribution in [3.8, 4) is 0 Å². The maximum absolute atomic E-state index is 6.09. The van der Waals surface area contributed by atoms with E-state index in [-0.39, 0.29) is 0 Å². The van der Waals surface area contributed by atoms with Gasteiger partial charge in [0.25, 0.3) is 0 Å². The van der Waals surface area contributed by atoms with Crippen LogP contribution < -0.4 is 0 Å². The van der Waals surface area contributed by atoms with Gasteiger partial charge in [0.05, 0.1) is 11.6 Å².